The number of aliphatic carboxylic acids is 1. The van der Waals surface area contributed by atoms with E-state index in [4.69, 9.17) is 19.2 Å². The van der Waals surface area contributed by atoms with Crippen LogP contribution in [0.5, 0.6) is 0 Å². The van der Waals surface area contributed by atoms with Crippen molar-refractivity contribution in [2.24, 2.45) is 5.41 Å². The molecule has 1 N–H and O–H groups in total. The van der Waals surface area contributed by atoms with E-state index in [1.807, 2.05) is 6.07 Å². The number of aromatic nitrogens is 2. The Labute approximate surface area is 179 Å². The summed E-state index contributed by atoms with van der Waals surface area (Å²) in [7, 11) is 0. The van der Waals surface area contributed by atoms with Gasteiger partial charge in [0, 0.05) is 31.1 Å². The van der Waals surface area contributed by atoms with Crippen LogP contribution < -0.4 is 0 Å². The summed E-state index contributed by atoms with van der Waals surface area (Å²) >= 11 is 0. The number of morpholine rings is 1. The van der Waals surface area contributed by atoms with Gasteiger partial charge in [-0.25, -0.2) is 4.79 Å². The fraction of sp³-hybridized carbons (Fsp3) is 0.571. The minimum Gasteiger partial charge on any atom is -0.475 e. The van der Waals surface area contributed by atoms with Crippen LogP contribution in [-0.2, 0) is 16.1 Å². The lowest BCUT2D eigenvalue weighted by Gasteiger charge is -2.26. The molecule has 0 spiro atoms. The first kappa shape index (κ1) is 24.8. The SMILES string of the molecule is CC(c1noc(-c2cccc(CN3CCOCC3)c2)n1)C(C)(C)C.O=C(O)C(F)(F)F. The average molecular weight is 443 g/mol. The number of carboxylic acids is 1. The van der Waals surface area contributed by atoms with Gasteiger partial charge in [0.15, 0.2) is 5.82 Å². The Bertz CT molecular complexity index is 856. The summed E-state index contributed by atoms with van der Waals surface area (Å²) in [6.07, 6.45) is -5.08. The number of carboxylic acid groups (broad SMARTS) is 1. The van der Waals surface area contributed by atoms with Gasteiger partial charge in [0.1, 0.15) is 0 Å². The van der Waals surface area contributed by atoms with Crippen molar-refractivity contribution in [1.29, 1.82) is 0 Å². The number of hydrogen-bond donors (Lipinski definition) is 1. The first-order valence-corrected chi connectivity index (χ1v) is 9.91. The maximum atomic E-state index is 10.6. The molecule has 31 heavy (non-hydrogen) atoms. The fourth-order valence-corrected chi connectivity index (χ4v) is 2.74. The monoisotopic (exact) mass is 443 g/mol. The number of rotatable bonds is 4. The Hall–Kier alpha value is -2.46. The average Bonchev–Trinajstić information content (AvgIpc) is 3.17. The van der Waals surface area contributed by atoms with Gasteiger partial charge in [0.2, 0.25) is 0 Å². The maximum Gasteiger partial charge on any atom is 0.490 e. The standard InChI is InChI=1S/C19H27N3O2.C2HF3O2/c1-14(19(2,3)4)17-20-18(24-21-17)16-7-5-6-15(12-16)13-22-8-10-23-11-9-22;3-2(4,5)1(6)7/h5-7,12,14H,8-11,13H2,1-4H3;(H,6,7). The second kappa shape index (κ2) is 10.2. The number of halogens is 3. The molecular formula is C21H28F3N3O4. The van der Waals surface area contributed by atoms with Gasteiger partial charge < -0.3 is 14.4 Å². The highest BCUT2D eigenvalue weighted by molar-refractivity contribution is 5.73. The molecule has 1 aromatic carbocycles. The smallest absolute Gasteiger partial charge is 0.475 e. The molecule has 0 saturated carbocycles. The predicted molar refractivity (Wildman–Crippen MR) is 107 cm³/mol. The maximum absolute atomic E-state index is 10.6. The third-order valence-corrected chi connectivity index (χ3v) is 5.05. The van der Waals surface area contributed by atoms with Gasteiger partial charge >= 0.3 is 12.1 Å². The van der Waals surface area contributed by atoms with Crippen LogP contribution in [0.4, 0.5) is 13.2 Å². The topological polar surface area (TPSA) is 88.7 Å². The molecule has 10 heteroatoms. The molecule has 0 amide bonds. The third-order valence-electron chi connectivity index (χ3n) is 5.05. The second-order valence-electron chi connectivity index (χ2n) is 8.44. The highest BCUT2D eigenvalue weighted by atomic mass is 19.4. The molecule has 1 aliphatic heterocycles. The molecule has 3 rings (SSSR count). The molecule has 172 valence electrons. The molecule has 1 fully saturated rings. The van der Waals surface area contributed by atoms with E-state index >= 15 is 0 Å². The summed E-state index contributed by atoms with van der Waals surface area (Å²) in [4.78, 5) is 15.9. The largest absolute Gasteiger partial charge is 0.490 e. The molecule has 1 aromatic heterocycles. The molecule has 1 unspecified atom stereocenters. The van der Waals surface area contributed by atoms with E-state index in [1.54, 1.807) is 0 Å². The zero-order valence-corrected chi connectivity index (χ0v) is 18.1. The van der Waals surface area contributed by atoms with Crippen LogP contribution in [-0.4, -0.2) is 58.6 Å². The van der Waals surface area contributed by atoms with Crippen LogP contribution in [0.25, 0.3) is 11.5 Å². The van der Waals surface area contributed by atoms with Crippen molar-refractivity contribution >= 4 is 5.97 Å². The van der Waals surface area contributed by atoms with Crippen molar-refractivity contribution in [3.8, 4) is 11.5 Å². The minimum atomic E-state index is -5.08. The van der Waals surface area contributed by atoms with Gasteiger partial charge in [0.25, 0.3) is 5.89 Å². The fourth-order valence-electron chi connectivity index (χ4n) is 2.74. The summed E-state index contributed by atoms with van der Waals surface area (Å²) in [5, 5.41) is 11.3. The Morgan fingerprint density at radius 3 is 2.39 bits per heavy atom. The lowest BCUT2D eigenvalue weighted by molar-refractivity contribution is -0.192. The summed E-state index contributed by atoms with van der Waals surface area (Å²) in [6, 6.07) is 8.38. The molecule has 2 aromatic rings. The van der Waals surface area contributed by atoms with Gasteiger partial charge in [-0.2, -0.15) is 18.2 Å². The van der Waals surface area contributed by atoms with Crippen molar-refractivity contribution in [3.05, 3.63) is 35.7 Å². The van der Waals surface area contributed by atoms with Gasteiger partial charge in [0.05, 0.1) is 13.2 Å². The summed E-state index contributed by atoms with van der Waals surface area (Å²) < 4.78 is 42.7. The first-order chi connectivity index (χ1) is 14.4. The van der Waals surface area contributed by atoms with Crippen LogP contribution in [0.1, 0.15) is 45.0 Å². The van der Waals surface area contributed by atoms with Crippen LogP contribution in [0.3, 0.4) is 0 Å². The lowest BCUT2D eigenvalue weighted by Crippen LogP contribution is -2.35. The number of hydrogen-bond acceptors (Lipinski definition) is 6. The molecule has 7 nitrogen and oxygen atoms in total. The van der Waals surface area contributed by atoms with E-state index in [0.29, 0.717) is 5.89 Å². The van der Waals surface area contributed by atoms with Gasteiger partial charge in [-0.1, -0.05) is 45.0 Å². The van der Waals surface area contributed by atoms with Crippen LogP contribution in [0, 0.1) is 5.41 Å². The summed E-state index contributed by atoms with van der Waals surface area (Å²) in [5.41, 5.74) is 2.36. The molecule has 1 aliphatic rings. The van der Waals surface area contributed by atoms with Gasteiger partial charge in [-0.3, -0.25) is 4.90 Å². The Morgan fingerprint density at radius 1 is 1.23 bits per heavy atom. The normalized spacial score (nSPS) is 16.4. The Balaban J connectivity index is 0.000000423. The van der Waals surface area contributed by atoms with Crippen LogP contribution in [0.15, 0.2) is 28.8 Å². The van der Waals surface area contributed by atoms with E-state index in [2.05, 4.69) is 60.9 Å². The third kappa shape index (κ3) is 7.62. The molecule has 0 radical (unpaired) electrons. The van der Waals surface area contributed by atoms with E-state index in [0.717, 1.165) is 44.2 Å². The molecule has 1 saturated heterocycles. The van der Waals surface area contributed by atoms with E-state index in [-0.39, 0.29) is 11.3 Å². The lowest BCUT2D eigenvalue weighted by atomic mass is 9.82. The molecular weight excluding hydrogens is 415 g/mol. The van der Waals surface area contributed by atoms with Crippen molar-refractivity contribution in [2.75, 3.05) is 26.3 Å². The quantitative estimate of drug-likeness (QED) is 0.751. The van der Waals surface area contributed by atoms with Crippen molar-refractivity contribution in [1.82, 2.24) is 15.0 Å². The van der Waals surface area contributed by atoms with E-state index in [9.17, 15) is 13.2 Å². The van der Waals surface area contributed by atoms with Gasteiger partial charge in [-0.05, 0) is 23.1 Å². The number of nitrogens with zero attached hydrogens (tertiary/aromatic N) is 3. The minimum absolute atomic E-state index is 0.110. The number of alkyl halides is 3. The second-order valence-corrected chi connectivity index (χ2v) is 8.44. The highest BCUT2D eigenvalue weighted by Gasteiger charge is 2.38. The number of benzene rings is 1. The summed E-state index contributed by atoms with van der Waals surface area (Å²) in [6.45, 7) is 13.2. The van der Waals surface area contributed by atoms with Crippen molar-refractivity contribution in [2.45, 2.75) is 46.3 Å². The predicted octanol–water partition coefficient (Wildman–Crippen LogP) is 4.35. The molecule has 0 bridgehead atoms. The Kier molecular flexibility index (Phi) is 8.19. The molecule has 0 aliphatic carbocycles. The zero-order valence-electron chi connectivity index (χ0n) is 18.1. The number of carbonyl (C=O) groups is 1. The van der Waals surface area contributed by atoms with Crippen molar-refractivity contribution < 1.29 is 32.3 Å². The molecule has 1 atom stereocenters. The Morgan fingerprint density at radius 2 is 1.84 bits per heavy atom. The van der Waals surface area contributed by atoms with Crippen LogP contribution in [0.2, 0.25) is 0 Å². The highest BCUT2D eigenvalue weighted by Crippen LogP contribution is 2.33. The number of ether oxygens (including phenoxy) is 1. The van der Waals surface area contributed by atoms with Crippen molar-refractivity contribution in [3.63, 3.8) is 0 Å². The van der Waals surface area contributed by atoms with E-state index < -0.39 is 12.1 Å². The first-order valence-electron chi connectivity index (χ1n) is 9.91. The molecule has 2 heterocycles. The van der Waals surface area contributed by atoms with E-state index in [1.165, 1.54) is 5.56 Å². The van der Waals surface area contributed by atoms with Crippen LogP contribution >= 0.6 is 0 Å². The summed E-state index contributed by atoms with van der Waals surface area (Å²) in [5.74, 6) is -1.14. The van der Waals surface area contributed by atoms with Gasteiger partial charge in [-0.15, -0.1) is 0 Å². The zero-order chi connectivity index (χ0) is 23.2.